The number of nitrogens with zero attached hydrogens (tertiary/aromatic N) is 1. The van der Waals surface area contributed by atoms with E-state index in [1.54, 1.807) is 42.5 Å². The molecular weight excluding hydrogens is 373 g/mol. The van der Waals surface area contributed by atoms with E-state index in [1.807, 2.05) is 0 Å². The first kappa shape index (κ1) is 18.3. The molecule has 0 atom stereocenters. The Balaban J connectivity index is 1.83. The molecule has 8 heteroatoms. The SMILES string of the molecule is O=C(CNC(=O)c1ccc(Cl)cc1)NN=Cc1cccc(Cl)c1Cl. The van der Waals surface area contributed by atoms with Crippen molar-refractivity contribution < 1.29 is 9.59 Å². The molecule has 5 nitrogen and oxygen atoms in total. The maximum absolute atomic E-state index is 11.8. The van der Waals surface area contributed by atoms with E-state index < -0.39 is 5.91 Å². The summed E-state index contributed by atoms with van der Waals surface area (Å²) in [6, 6.07) is 11.4. The molecule has 0 unspecified atom stereocenters. The van der Waals surface area contributed by atoms with Crippen LogP contribution in [0.5, 0.6) is 0 Å². The molecular formula is C16H12Cl3N3O2. The molecule has 2 N–H and O–H groups in total. The molecule has 2 rings (SSSR count). The highest BCUT2D eigenvalue weighted by Gasteiger charge is 2.07. The quantitative estimate of drug-likeness (QED) is 0.611. The van der Waals surface area contributed by atoms with Crippen molar-refractivity contribution in [1.82, 2.24) is 10.7 Å². The zero-order chi connectivity index (χ0) is 17.5. The van der Waals surface area contributed by atoms with Crippen molar-refractivity contribution >= 4 is 52.8 Å². The Morgan fingerprint density at radius 1 is 1.04 bits per heavy atom. The van der Waals surface area contributed by atoms with Crippen LogP contribution in [-0.4, -0.2) is 24.6 Å². The van der Waals surface area contributed by atoms with Crippen LogP contribution in [-0.2, 0) is 4.79 Å². The van der Waals surface area contributed by atoms with Crippen LogP contribution in [0.15, 0.2) is 47.6 Å². The van der Waals surface area contributed by atoms with Gasteiger partial charge in [0, 0.05) is 16.1 Å². The highest BCUT2D eigenvalue weighted by atomic mass is 35.5. The third-order valence-corrected chi connectivity index (χ3v) is 3.98. The summed E-state index contributed by atoms with van der Waals surface area (Å²) in [7, 11) is 0. The number of halogens is 3. The fraction of sp³-hybridized carbons (Fsp3) is 0.0625. The van der Waals surface area contributed by atoms with Gasteiger partial charge in [-0.25, -0.2) is 5.43 Å². The molecule has 0 aliphatic carbocycles. The van der Waals surface area contributed by atoms with Gasteiger partial charge in [0.15, 0.2) is 0 Å². The summed E-state index contributed by atoms with van der Waals surface area (Å²) in [5, 5.41) is 7.50. The third kappa shape index (κ3) is 5.23. The standard InChI is InChI=1S/C16H12Cl3N3O2/c17-12-6-4-10(5-7-12)16(24)20-9-14(23)22-21-8-11-2-1-3-13(18)15(11)19/h1-8H,9H2,(H,20,24)(H,22,23). The minimum Gasteiger partial charge on any atom is -0.343 e. The van der Waals surface area contributed by atoms with Crippen molar-refractivity contribution in [3.63, 3.8) is 0 Å². The van der Waals surface area contributed by atoms with E-state index in [0.717, 1.165) is 0 Å². The Labute approximate surface area is 153 Å². The van der Waals surface area contributed by atoms with Gasteiger partial charge in [0.05, 0.1) is 22.8 Å². The Morgan fingerprint density at radius 3 is 2.46 bits per heavy atom. The lowest BCUT2D eigenvalue weighted by molar-refractivity contribution is -0.120. The van der Waals surface area contributed by atoms with Gasteiger partial charge in [0.1, 0.15) is 0 Å². The summed E-state index contributed by atoms with van der Waals surface area (Å²) in [5.41, 5.74) is 3.26. The molecule has 0 radical (unpaired) electrons. The van der Waals surface area contributed by atoms with Gasteiger partial charge in [-0.3, -0.25) is 9.59 Å². The van der Waals surface area contributed by atoms with Crippen LogP contribution in [0.1, 0.15) is 15.9 Å². The zero-order valence-corrected chi connectivity index (χ0v) is 14.5. The number of nitrogens with one attached hydrogen (secondary N) is 2. The summed E-state index contributed by atoms with van der Waals surface area (Å²) >= 11 is 17.6. The Hall–Kier alpha value is -2.08. The van der Waals surface area contributed by atoms with E-state index in [9.17, 15) is 9.59 Å². The van der Waals surface area contributed by atoms with Gasteiger partial charge >= 0.3 is 0 Å². The molecule has 0 bridgehead atoms. The second-order valence-electron chi connectivity index (χ2n) is 4.63. The van der Waals surface area contributed by atoms with E-state index in [-0.39, 0.29) is 12.5 Å². The van der Waals surface area contributed by atoms with Gasteiger partial charge in [-0.1, -0.05) is 46.9 Å². The van der Waals surface area contributed by atoms with Crippen LogP contribution in [0.2, 0.25) is 15.1 Å². The van der Waals surface area contributed by atoms with Crippen LogP contribution in [0.25, 0.3) is 0 Å². The molecule has 2 amide bonds. The van der Waals surface area contributed by atoms with Crippen molar-refractivity contribution in [1.29, 1.82) is 0 Å². The number of hydrogen-bond donors (Lipinski definition) is 2. The van der Waals surface area contributed by atoms with Crippen molar-refractivity contribution in [2.24, 2.45) is 5.10 Å². The van der Waals surface area contributed by atoms with Gasteiger partial charge in [-0.2, -0.15) is 5.10 Å². The Bertz CT molecular complexity index is 777. The number of carbonyl (C=O) groups excluding carboxylic acids is 2. The molecule has 124 valence electrons. The van der Waals surface area contributed by atoms with Crippen LogP contribution < -0.4 is 10.7 Å². The molecule has 0 saturated heterocycles. The highest BCUT2D eigenvalue weighted by molar-refractivity contribution is 6.43. The molecule has 0 heterocycles. The maximum Gasteiger partial charge on any atom is 0.259 e. The summed E-state index contributed by atoms with van der Waals surface area (Å²) < 4.78 is 0. The molecule has 24 heavy (non-hydrogen) atoms. The zero-order valence-electron chi connectivity index (χ0n) is 12.2. The lowest BCUT2D eigenvalue weighted by atomic mass is 10.2. The van der Waals surface area contributed by atoms with Crippen molar-refractivity contribution in [3.8, 4) is 0 Å². The van der Waals surface area contributed by atoms with Crippen LogP contribution in [0.3, 0.4) is 0 Å². The lowest BCUT2D eigenvalue weighted by Gasteiger charge is -2.04. The number of hydrogen-bond acceptors (Lipinski definition) is 3. The first-order valence-electron chi connectivity index (χ1n) is 6.77. The summed E-state index contributed by atoms with van der Waals surface area (Å²) in [4.78, 5) is 23.5. The van der Waals surface area contributed by atoms with Gasteiger partial charge in [-0.15, -0.1) is 0 Å². The van der Waals surface area contributed by atoms with Gasteiger partial charge in [0.2, 0.25) is 0 Å². The van der Waals surface area contributed by atoms with Crippen LogP contribution in [0.4, 0.5) is 0 Å². The fourth-order valence-electron chi connectivity index (χ4n) is 1.70. The lowest BCUT2D eigenvalue weighted by Crippen LogP contribution is -2.34. The largest absolute Gasteiger partial charge is 0.343 e. The molecule has 0 aromatic heterocycles. The predicted octanol–water partition coefficient (Wildman–Crippen LogP) is 3.53. The summed E-state index contributed by atoms with van der Waals surface area (Å²) in [5.74, 6) is -0.865. The summed E-state index contributed by atoms with van der Waals surface area (Å²) in [6.07, 6.45) is 1.37. The molecule has 0 aliphatic heterocycles. The third-order valence-electron chi connectivity index (χ3n) is 2.89. The van der Waals surface area contributed by atoms with Gasteiger partial charge in [0.25, 0.3) is 11.8 Å². The Morgan fingerprint density at radius 2 is 1.75 bits per heavy atom. The number of benzene rings is 2. The minimum absolute atomic E-state index is 0.220. The number of hydrazone groups is 1. The first-order chi connectivity index (χ1) is 11.5. The van der Waals surface area contributed by atoms with Crippen molar-refractivity contribution in [3.05, 3.63) is 68.7 Å². The van der Waals surface area contributed by atoms with Gasteiger partial charge in [-0.05, 0) is 30.3 Å². The van der Waals surface area contributed by atoms with E-state index in [2.05, 4.69) is 15.8 Å². The van der Waals surface area contributed by atoms with Crippen molar-refractivity contribution in [2.75, 3.05) is 6.54 Å². The monoisotopic (exact) mass is 383 g/mol. The van der Waals surface area contributed by atoms with E-state index >= 15 is 0 Å². The van der Waals surface area contributed by atoms with E-state index in [0.29, 0.717) is 26.2 Å². The Kier molecular flexibility index (Phi) is 6.61. The van der Waals surface area contributed by atoms with E-state index in [1.165, 1.54) is 6.21 Å². The van der Waals surface area contributed by atoms with E-state index in [4.69, 9.17) is 34.8 Å². The maximum atomic E-state index is 11.8. The fourth-order valence-corrected chi connectivity index (χ4v) is 2.18. The minimum atomic E-state index is -0.480. The van der Waals surface area contributed by atoms with Crippen LogP contribution in [0, 0.1) is 0 Å². The summed E-state index contributed by atoms with van der Waals surface area (Å²) in [6.45, 7) is -0.220. The molecule has 2 aromatic rings. The molecule has 0 saturated carbocycles. The molecule has 0 aliphatic rings. The second-order valence-corrected chi connectivity index (χ2v) is 5.85. The average molecular weight is 385 g/mol. The first-order valence-corrected chi connectivity index (χ1v) is 7.90. The number of rotatable bonds is 5. The topological polar surface area (TPSA) is 70.6 Å². The molecule has 2 aromatic carbocycles. The van der Waals surface area contributed by atoms with Crippen molar-refractivity contribution in [2.45, 2.75) is 0 Å². The number of carbonyl (C=O) groups is 2. The normalized spacial score (nSPS) is 10.6. The molecule has 0 fully saturated rings. The smallest absolute Gasteiger partial charge is 0.259 e. The van der Waals surface area contributed by atoms with Gasteiger partial charge < -0.3 is 5.32 Å². The molecule has 0 spiro atoms. The second kappa shape index (κ2) is 8.68. The van der Waals surface area contributed by atoms with Crippen LogP contribution >= 0.6 is 34.8 Å². The average Bonchev–Trinajstić information content (AvgIpc) is 2.57. The number of amides is 2. The predicted molar refractivity (Wildman–Crippen MR) is 96.0 cm³/mol. The highest BCUT2D eigenvalue weighted by Crippen LogP contribution is 2.24.